The number of carbonyl (C=O) groups excluding carboxylic acids is 1. The lowest BCUT2D eigenvalue weighted by molar-refractivity contribution is 0.0755. The van der Waals surface area contributed by atoms with E-state index in [1.54, 1.807) is 24.5 Å². The van der Waals surface area contributed by atoms with Crippen LogP contribution in [-0.4, -0.2) is 66.6 Å². The van der Waals surface area contributed by atoms with E-state index < -0.39 is 0 Å². The Labute approximate surface area is 157 Å². The molecule has 3 aromatic rings. The molecular weight excluding hydrogens is 342 g/mol. The fourth-order valence-electron chi connectivity index (χ4n) is 3.39. The lowest BCUT2D eigenvalue weighted by atomic mass is 10.3. The molecule has 1 aliphatic heterocycles. The molecule has 140 valence electrons. The van der Waals surface area contributed by atoms with E-state index in [1.165, 1.54) is 5.56 Å². The lowest BCUT2D eigenvalue weighted by Crippen LogP contribution is -2.35. The second-order valence-corrected chi connectivity index (χ2v) is 6.72. The van der Waals surface area contributed by atoms with E-state index in [-0.39, 0.29) is 5.91 Å². The maximum atomic E-state index is 12.9. The summed E-state index contributed by atoms with van der Waals surface area (Å²) in [4.78, 5) is 29.9. The van der Waals surface area contributed by atoms with Crippen molar-refractivity contribution in [3.8, 4) is 0 Å². The zero-order chi connectivity index (χ0) is 18.6. The first-order valence-electron chi connectivity index (χ1n) is 9.33. The quantitative estimate of drug-likeness (QED) is 0.698. The number of aryl methyl sites for hydroxylation is 1. The number of pyridine rings is 1. The van der Waals surface area contributed by atoms with Gasteiger partial charge in [0.1, 0.15) is 11.2 Å². The molecule has 0 N–H and O–H groups in total. The van der Waals surface area contributed by atoms with Crippen molar-refractivity contribution in [1.82, 2.24) is 34.5 Å². The Morgan fingerprint density at radius 1 is 1.11 bits per heavy atom. The van der Waals surface area contributed by atoms with Crippen molar-refractivity contribution in [1.29, 1.82) is 0 Å². The van der Waals surface area contributed by atoms with Crippen molar-refractivity contribution in [3.05, 3.63) is 48.2 Å². The Kier molecular flexibility index (Phi) is 5.06. The number of carbonyl (C=O) groups is 1. The standard InChI is InChI=1S/C19H23N7O/c1-2-26-14-15(12-22-26)13-24-8-3-9-25(11-10-24)19(27)17-5-4-16-18(23-17)21-7-6-20-16/h4-7,12,14H,2-3,8-11,13H2,1H3. The molecule has 0 saturated carbocycles. The van der Waals surface area contributed by atoms with Gasteiger partial charge >= 0.3 is 0 Å². The van der Waals surface area contributed by atoms with Crippen LogP contribution in [0.3, 0.4) is 0 Å². The zero-order valence-corrected chi connectivity index (χ0v) is 15.5. The third kappa shape index (κ3) is 3.95. The van der Waals surface area contributed by atoms with Crippen LogP contribution in [0, 0.1) is 0 Å². The van der Waals surface area contributed by atoms with E-state index in [9.17, 15) is 4.79 Å². The van der Waals surface area contributed by atoms with Crippen LogP contribution in [0.25, 0.3) is 11.2 Å². The second-order valence-electron chi connectivity index (χ2n) is 6.72. The molecule has 0 radical (unpaired) electrons. The Hall–Kier alpha value is -2.87. The summed E-state index contributed by atoms with van der Waals surface area (Å²) >= 11 is 0. The topological polar surface area (TPSA) is 80.0 Å². The first-order chi connectivity index (χ1) is 13.2. The average molecular weight is 365 g/mol. The summed E-state index contributed by atoms with van der Waals surface area (Å²) in [5.74, 6) is -0.0387. The van der Waals surface area contributed by atoms with Crippen LogP contribution in [0.5, 0.6) is 0 Å². The minimum absolute atomic E-state index is 0.0387. The summed E-state index contributed by atoms with van der Waals surface area (Å²) < 4.78 is 1.94. The monoisotopic (exact) mass is 365 g/mol. The SMILES string of the molecule is CCn1cc(CN2CCCN(C(=O)c3ccc4nccnc4n3)CC2)cn1. The van der Waals surface area contributed by atoms with Gasteiger partial charge in [0, 0.05) is 63.4 Å². The molecule has 3 aromatic heterocycles. The van der Waals surface area contributed by atoms with E-state index in [2.05, 4.69) is 38.1 Å². The lowest BCUT2D eigenvalue weighted by Gasteiger charge is -2.21. The highest BCUT2D eigenvalue weighted by Crippen LogP contribution is 2.13. The summed E-state index contributed by atoms with van der Waals surface area (Å²) in [6, 6.07) is 3.54. The summed E-state index contributed by atoms with van der Waals surface area (Å²) in [7, 11) is 0. The number of nitrogens with zero attached hydrogens (tertiary/aromatic N) is 7. The van der Waals surface area contributed by atoms with Crippen molar-refractivity contribution in [2.24, 2.45) is 0 Å². The second kappa shape index (κ2) is 7.79. The fraction of sp³-hybridized carbons (Fsp3) is 0.421. The van der Waals surface area contributed by atoms with Crippen molar-refractivity contribution in [3.63, 3.8) is 0 Å². The molecule has 0 atom stereocenters. The minimum atomic E-state index is -0.0387. The van der Waals surface area contributed by atoms with Gasteiger partial charge in [0.2, 0.25) is 0 Å². The van der Waals surface area contributed by atoms with Crippen LogP contribution >= 0.6 is 0 Å². The van der Waals surface area contributed by atoms with E-state index in [0.717, 1.165) is 39.1 Å². The molecule has 1 saturated heterocycles. The van der Waals surface area contributed by atoms with Crippen LogP contribution in [0.4, 0.5) is 0 Å². The number of rotatable bonds is 4. The van der Waals surface area contributed by atoms with Crippen LogP contribution in [-0.2, 0) is 13.1 Å². The van der Waals surface area contributed by atoms with E-state index >= 15 is 0 Å². The molecule has 1 fully saturated rings. The largest absolute Gasteiger partial charge is 0.336 e. The Balaban J connectivity index is 1.41. The van der Waals surface area contributed by atoms with Crippen LogP contribution in [0.15, 0.2) is 36.9 Å². The van der Waals surface area contributed by atoms with Gasteiger partial charge in [-0.25, -0.2) is 9.97 Å². The third-order valence-corrected chi connectivity index (χ3v) is 4.84. The van der Waals surface area contributed by atoms with Gasteiger partial charge < -0.3 is 4.90 Å². The predicted molar refractivity (Wildman–Crippen MR) is 101 cm³/mol. The molecule has 0 spiro atoms. The van der Waals surface area contributed by atoms with Crippen molar-refractivity contribution in [2.75, 3.05) is 26.2 Å². The predicted octanol–water partition coefficient (Wildman–Crippen LogP) is 1.59. The number of aromatic nitrogens is 5. The molecule has 4 heterocycles. The summed E-state index contributed by atoms with van der Waals surface area (Å²) in [5, 5.41) is 4.34. The average Bonchev–Trinajstić information content (AvgIpc) is 3.04. The first-order valence-corrected chi connectivity index (χ1v) is 9.33. The first kappa shape index (κ1) is 17.5. The van der Waals surface area contributed by atoms with E-state index in [1.807, 2.05) is 15.8 Å². The summed E-state index contributed by atoms with van der Waals surface area (Å²) in [6.45, 7) is 7.08. The van der Waals surface area contributed by atoms with Gasteiger partial charge in [0.15, 0.2) is 5.65 Å². The molecule has 0 unspecified atom stereocenters. The molecule has 4 rings (SSSR count). The van der Waals surface area contributed by atoms with Gasteiger partial charge in [-0.05, 0) is 25.5 Å². The maximum absolute atomic E-state index is 12.9. The van der Waals surface area contributed by atoms with E-state index in [0.29, 0.717) is 23.4 Å². The minimum Gasteiger partial charge on any atom is -0.336 e. The molecular formula is C19H23N7O. The Morgan fingerprint density at radius 3 is 2.85 bits per heavy atom. The van der Waals surface area contributed by atoms with Crippen LogP contribution in [0.2, 0.25) is 0 Å². The highest BCUT2D eigenvalue weighted by atomic mass is 16.2. The number of amides is 1. The Morgan fingerprint density at radius 2 is 2.00 bits per heavy atom. The highest BCUT2D eigenvalue weighted by molar-refractivity contribution is 5.94. The molecule has 8 heteroatoms. The van der Waals surface area contributed by atoms with Crippen molar-refractivity contribution >= 4 is 17.1 Å². The molecule has 27 heavy (non-hydrogen) atoms. The number of hydrogen-bond acceptors (Lipinski definition) is 6. The van der Waals surface area contributed by atoms with Gasteiger partial charge in [-0.3, -0.25) is 19.4 Å². The molecule has 0 bridgehead atoms. The molecule has 8 nitrogen and oxygen atoms in total. The summed E-state index contributed by atoms with van der Waals surface area (Å²) in [5.41, 5.74) is 2.85. The van der Waals surface area contributed by atoms with Crippen molar-refractivity contribution < 1.29 is 4.79 Å². The van der Waals surface area contributed by atoms with Gasteiger partial charge in [-0.2, -0.15) is 5.10 Å². The zero-order valence-electron chi connectivity index (χ0n) is 15.5. The molecule has 1 aliphatic rings. The summed E-state index contributed by atoms with van der Waals surface area (Å²) in [6.07, 6.45) is 8.18. The number of fused-ring (bicyclic) bond motifs is 1. The molecule has 0 aromatic carbocycles. The van der Waals surface area contributed by atoms with Crippen LogP contribution in [0.1, 0.15) is 29.4 Å². The number of hydrogen-bond donors (Lipinski definition) is 0. The van der Waals surface area contributed by atoms with Gasteiger partial charge in [0.25, 0.3) is 5.91 Å². The van der Waals surface area contributed by atoms with Gasteiger partial charge in [-0.1, -0.05) is 0 Å². The molecule has 0 aliphatic carbocycles. The van der Waals surface area contributed by atoms with Gasteiger partial charge in [0.05, 0.1) is 6.20 Å². The van der Waals surface area contributed by atoms with Gasteiger partial charge in [-0.15, -0.1) is 0 Å². The highest BCUT2D eigenvalue weighted by Gasteiger charge is 2.22. The van der Waals surface area contributed by atoms with Crippen molar-refractivity contribution in [2.45, 2.75) is 26.4 Å². The third-order valence-electron chi connectivity index (χ3n) is 4.84. The molecule has 1 amide bonds. The maximum Gasteiger partial charge on any atom is 0.272 e. The normalized spacial score (nSPS) is 15.8. The van der Waals surface area contributed by atoms with Crippen LogP contribution < -0.4 is 0 Å². The smallest absolute Gasteiger partial charge is 0.272 e. The Bertz CT molecular complexity index is 938. The fourth-order valence-corrected chi connectivity index (χ4v) is 3.39. The van der Waals surface area contributed by atoms with E-state index in [4.69, 9.17) is 0 Å².